The summed E-state index contributed by atoms with van der Waals surface area (Å²) >= 11 is 0. The molecule has 0 rings (SSSR count). The lowest BCUT2D eigenvalue weighted by molar-refractivity contribution is -0.940. The zero-order valence-electron chi connectivity index (χ0n) is 27.7. The molecule has 0 spiro atoms. The molecule has 4 heteroatoms. The van der Waals surface area contributed by atoms with Gasteiger partial charge in [-0.2, -0.15) is 0 Å². The largest absolute Gasteiger partial charge is 0.393 e. The summed E-state index contributed by atoms with van der Waals surface area (Å²) in [6.07, 6.45) is 32.1. The third-order valence-corrected chi connectivity index (χ3v) is 8.62. The fourth-order valence-corrected chi connectivity index (χ4v) is 5.49. The van der Waals surface area contributed by atoms with Crippen LogP contribution in [0.1, 0.15) is 175 Å². The highest BCUT2D eigenvalue weighted by Crippen LogP contribution is 2.18. The minimum atomic E-state index is -0.245. The highest BCUT2D eigenvalue weighted by Gasteiger charge is 2.36. The minimum Gasteiger partial charge on any atom is -0.393 e. The van der Waals surface area contributed by atoms with Crippen molar-refractivity contribution in [2.24, 2.45) is 0 Å². The summed E-state index contributed by atoms with van der Waals surface area (Å²) in [6.45, 7) is 9.25. The Kier molecular flexibility index (Phi) is 29.2. The van der Waals surface area contributed by atoms with Crippen molar-refractivity contribution in [2.75, 3.05) is 40.5 Å². The molecule has 0 amide bonds. The summed E-state index contributed by atoms with van der Waals surface area (Å²) < 4.78 is 13.3. The quantitative estimate of drug-likeness (QED) is 0.0509. The monoisotopic (exact) mass is 557 g/mol. The number of ether oxygens (including phenoxy) is 2. The van der Waals surface area contributed by atoms with Crippen molar-refractivity contribution in [3.63, 3.8) is 0 Å². The molecule has 0 aliphatic rings. The molecule has 0 aliphatic heterocycles. The van der Waals surface area contributed by atoms with Crippen LogP contribution < -0.4 is 0 Å². The number of quaternary nitrogens is 1. The molecule has 0 aromatic carbocycles. The summed E-state index contributed by atoms with van der Waals surface area (Å²) in [7, 11) is 4.39. The van der Waals surface area contributed by atoms with Crippen molar-refractivity contribution in [3.8, 4) is 0 Å². The summed E-state index contributed by atoms with van der Waals surface area (Å²) in [6, 6.07) is 0. The molecule has 0 aromatic rings. The fourth-order valence-electron chi connectivity index (χ4n) is 5.49. The van der Waals surface area contributed by atoms with Gasteiger partial charge in [0.25, 0.3) is 0 Å². The first kappa shape index (κ1) is 38.8. The van der Waals surface area contributed by atoms with Crippen molar-refractivity contribution in [1.29, 1.82) is 0 Å². The molecule has 0 bridgehead atoms. The number of hydrogen-bond donors (Lipinski definition) is 1. The van der Waals surface area contributed by atoms with Crippen molar-refractivity contribution >= 4 is 0 Å². The van der Waals surface area contributed by atoms with Crippen LogP contribution in [0.3, 0.4) is 0 Å². The number of aliphatic hydroxyl groups excluding tert-OH is 1. The normalized spacial score (nSPS) is 13.7. The molecule has 0 radical (unpaired) electrons. The maximum Gasteiger partial charge on any atom is 0.221 e. The predicted molar refractivity (Wildman–Crippen MR) is 171 cm³/mol. The second-order valence-corrected chi connectivity index (χ2v) is 12.7. The van der Waals surface area contributed by atoms with Gasteiger partial charge in [0.1, 0.15) is 0 Å². The van der Waals surface area contributed by atoms with E-state index in [1.807, 2.05) is 0 Å². The maximum atomic E-state index is 10.1. The van der Waals surface area contributed by atoms with Crippen molar-refractivity contribution in [2.45, 2.75) is 187 Å². The molecule has 0 saturated heterocycles. The SMILES string of the molecule is CCCCCCCCCCCCCCOC(CO)C(OCCCCCCCCCCCCCC)[N+](C)(C)CC. The molecule has 39 heavy (non-hydrogen) atoms. The van der Waals surface area contributed by atoms with E-state index in [9.17, 15) is 5.11 Å². The Labute approximate surface area is 246 Å². The van der Waals surface area contributed by atoms with E-state index < -0.39 is 0 Å². The number of aliphatic hydroxyl groups is 1. The van der Waals surface area contributed by atoms with Gasteiger partial charge < -0.3 is 19.1 Å². The van der Waals surface area contributed by atoms with Crippen LogP contribution in [-0.4, -0.2) is 62.4 Å². The molecule has 0 saturated carbocycles. The Morgan fingerprint density at radius 3 is 1.08 bits per heavy atom. The van der Waals surface area contributed by atoms with Crippen LogP contribution in [0.15, 0.2) is 0 Å². The first-order valence-corrected chi connectivity index (χ1v) is 17.7. The van der Waals surface area contributed by atoms with Crippen LogP contribution in [0.4, 0.5) is 0 Å². The van der Waals surface area contributed by atoms with E-state index in [1.54, 1.807) is 0 Å². The van der Waals surface area contributed by atoms with E-state index in [-0.39, 0.29) is 18.9 Å². The van der Waals surface area contributed by atoms with Crippen molar-refractivity contribution < 1.29 is 19.1 Å². The van der Waals surface area contributed by atoms with Gasteiger partial charge in [0.15, 0.2) is 6.10 Å². The number of unbranched alkanes of at least 4 members (excludes halogenated alkanes) is 22. The molecular formula is C35H74NO3+. The molecule has 0 heterocycles. The molecule has 1 N–H and O–H groups in total. The predicted octanol–water partition coefficient (Wildman–Crippen LogP) is 10.2. The molecule has 2 unspecified atom stereocenters. The Hall–Kier alpha value is -0.160. The number of rotatable bonds is 32. The second kappa shape index (κ2) is 29.3. The second-order valence-electron chi connectivity index (χ2n) is 12.7. The topological polar surface area (TPSA) is 38.7 Å². The lowest BCUT2D eigenvalue weighted by atomic mass is 10.1. The van der Waals surface area contributed by atoms with Crippen LogP contribution >= 0.6 is 0 Å². The molecule has 236 valence electrons. The number of nitrogens with zero attached hydrogens (tertiary/aromatic N) is 1. The summed E-state index contributed by atoms with van der Waals surface area (Å²) in [4.78, 5) is 0. The van der Waals surface area contributed by atoms with Gasteiger partial charge in [-0.3, -0.25) is 0 Å². The van der Waals surface area contributed by atoms with Crippen LogP contribution in [0.5, 0.6) is 0 Å². The van der Waals surface area contributed by atoms with E-state index in [1.165, 1.54) is 141 Å². The van der Waals surface area contributed by atoms with Gasteiger partial charge >= 0.3 is 0 Å². The lowest BCUT2D eigenvalue weighted by Gasteiger charge is -2.40. The highest BCUT2D eigenvalue weighted by molar-refractivity contribution is 4.63. The average Bonchev–Trinajstić information content (AvgIpc) is 2.94. The van der Waals surface area contributed by atoms with E-state index in [2.05, 4.69) is 34.9 Å². The summed E-state index contributed by atoms with van der Waals surface area (Å²) in [5, 5.41) is 10.1. The molecule has 0 fully saturated rings. The van der Waals surface area contributed by atoms with Gasteiger partial charge in [0.2, 0.25) is 6.23 Å². The summed E-state index contributed by atoms with van der Waals surface area (Å²) in [5.41, 5.74) is 0. The van der Waals surface area contributed by atoms with Crippen molar-refractivity contribution in [3.05, 3.63) is 0 Å². The lowest BCUT2D eigenvalue weighted by Crippen LogP contribution is -2.57. The summed E-state index contributed by atoms with van der Waals surface area (Å²) in [5.74, 6) is 0. The van der Waals surface area contributed by atoms with E-state index in [4.69, 9.17) is 9.47 Å². The van der Waals surface area contributed by atoms with Crippen LogP contribution in [0.25, 0.3) is 0 Å². The van der Waals surface area contributed by atoms with Gasteiger partial charge in [-0.25, -0.2) is 0 Å². The first-order chi connectivity index (χ1) is 19.0. The molecule has 0 aliphatic carbocycles. The highest BCUT2D eigenvalue weighted by atomic mass is 16.6. The van der Waals surface area contributed by atoms with Gasteiger partial charge in [-0.15, -0.1) is 0 Å². The number of likely N-dealkylation sites (N-methyl/N-ethyl adjacent to an activating group) is 1. The zero-order valence-corrected chi connectivity index (χ0v) is 27.7. The molecular weight excluding hydrogens is 482 g/mol. The Morgan fingerprint density at radius 2 is 0.769 bits per heavy atom. The first-order valence-electron chi connectivity index (χ1n) is 17.7. The third-order valence-electron chi connectivity index (χ3n) is 8.62. The molecule has 4 nitrogen and oxygen atoms in total. The Bertz CT molecular complexity index is 471. The fraction of sp³-hybridized carbons (Fsp3) is 1.00. The maximum absolute atomic E-state index is 10.1. The van der Waals surface area contributed by atoms with Crippen LogP contribution in [-0.2, 0) is 9.47 Å². The van der Waals surface area contributed by atoms with E-state index in [0.717, 1.165) is 37.1 Å². The third kappa shape index (κ3) is 24.2. The molecule has 0 aromatic heterocycles. The zero-order chi connectivity index (χ0) is 28.9. The van der Waals surface area contributed by atoms with Gasteiger partial charge in [-0.05, 0) is 19.8 Å². The van der Waals surface area contributed by atoms with Crippen molar-refractivity contribution in [1.82, 2.24) is 0 Å². The van der Waals surface area contributed by atoms with Crippen LogP contribution in [0, 0.1) is 0 Å². The minimum absolute atomic E-state index is 0.0308. The van der Waals surface area contributed by atoms with E-state index in [0.29, 0.717) is 0 Å². The Balaban J connectivity index is 3.95. The van der Waals surface area contributed by atoms with E-state index >= 15 is 0 Å². The van der Waals surface area contributed by atoms with Crippen LogP contribution in [0.2, 0.25) is 0 Å². The Morgan fingerprint density at radius 1 is 0.462 bits per heavy atom. The van der Waals surface area contributed by atoms with Gasteiger partial charge in [-0.1, -0.05) is 155 Å². The van der Waals surface area contributed by atoms with Gasteiger partial charge in [0.05, 0.1) is 33.9 Å². The number of hydrogen-bond acceptors (Lipinski definition) is 3. The molecule has 2 atom stereocenters. The van der Waals surface area contributed by atoms with Gasteiger partial charge in [0, 0.05) is 6.61 Å². The average molecular weight is 557 g/mol. The smallest absolute Gasteiger partial charge is 0.221 e. The standard InChI is InChI=1S/C35H74NO3/c1-6-9-11-13-15-17-19-21-23-25-27-29-31-38-34(33-37)35(36(4,5)8-3)39-32-30-28-26-24-22-20-18-16-14-12-10-7-2/h34-35,37H,6-33H2,1-5H3/q+1.